The first-order valence-electron chi connectivity index (χ1n) is 4.89. The van der Waals surface area contributed by atoms with E-state index in [9.17, 15) is 9.59 Å². The minimum atomic E-state index is -0.859. The van der Waals surface area contributed by atoms with E-state index in [1.54, 1.807) is 31.2 Å². The van der Waals surface area contributed by atoms with E-state index in [4.69, 9.17) is 10.5 Å². The summed E-state index contributed by atoms with van der Waals surface area (Å²) in [5, 5.41) is 0. The highest BCUT2D eigenvalue weighted by molar-refractivity contribution is 6.10. The molecule has 5 heteroatoms. The third-order valence-electron chi connectivity index (χ3n) is 1.96. The highest BCUT2D eigenvalue weighted by Crippen LogP contribution is 2.15. The Morgan fingerprint density at radius 2 is 1.88 bits per heavy atom. The summed E-state index contributed by atoms with van der Waals surface area (Å²) in [5.74, 6) is 0. The standard InChI is InChI=1S/C11H14N2O3/c1-3-16-11(15)13(10(12)14)9-6-4-8(2)5-7-9/h4-7H,3H2,1-2H3,(H2,12,14). The molecule has 5 nitrogen and oxygen atoms in total. The maximum atomic E-state index is 11.5. The molecule has 0 aliphatic heterocycles. The van der Waals surface area contributed by atoms with Gasteiger partial charge in [0.05, 0.1) is 12.3 Å². The zero-order chi connectivity index (χ0) is 12.1. The number of carbonyl (C=O) groups is 2. The number of hydrogen-bond donors (Lipinski definition) is 1. The molecule has 0 radical (unpaired) electrons. The molecule has 0 atom stereocenters. The quantitative estimate of drug-likeness (QED) is 0.832. The monoisotopic (exact) mass is 222 g/mol. The average molecular weight is 222 g/mol. The third-order valence-corrected chi connectivity index (χ3v) is 1.96. The van der Waals surface area contributed by atoms with E-state index in [2.05, 4.69) is 0 Å². The van der Waals surface area contributed by atoms with Crippen molar-refractivity contribution in [1.82, 2.24) is 0 Å². The van der Waals surface area contributed by atoms with Crippen molar-refractivity contribution >= 4 is 17.8 Å². The van der Waals surface area contributed by atoms with Gasteiger partial charge in [0.2, 0.25) is 0 Å². The molecule has 0 saturated heterocycles. The number of nitrogens with zero attached hydrogens (tertiary/aromatic N) is 1. The average Bonchev–Trinajstić information content (AvgIpc) is 2.21. The maximum absolute atomic E-state index is 11.5. The van der Waals surface area contributed by atoms with Crippen LogP contribution in [0.25, 0.3) is 0 Å². The summed E-state index contributed by atoms with van der Waals surface area (Å²) < 4.78 is 4.74. The van der Waals surface area contributed by atoms with E-state index in [0.717, 1.165) is 10.5 Å². The van der Waals surface area contributed by atoms with Gasteiger partial charge < -0.3 is 10.5 Å². The number of rotatable bonds is 2. The molecule has 0 aromatic heterocycles. The predicted molar refractivity (Wildman–Crippen MR) is 60.3 cm³/mol. The van der Waals surface area contributed by atoms with Crippen LogP contribution >= 0.6 is 0 Å². The smallest absolute Gasteiger partial charge is 0.422 e. The van der Waals surface area contributed by atoms with Gasteiger partial charge in [0.25, 0.3) is 0 Å². The molecule has 1 rings (SSSR count). The lowest BCUT2D eigenvalue weighted by Gasteiger charge is -2.17. The zero-order valence-electron chi connectivity index (χ0n) is 9.27. The van der Waals surface area contributed by atoms with Crippen LogP contribution in [0, 0.1) is 6.92 Å². The van der Waals surface area contributed by atoms with Crippen LogP contribution in [0.15, 0.2) is 24.3 Å². The van der Waals surface area contributed by atoms with E-state index in [1.807, 2.05) is 6.92 Å². The Hall–Kier alpha value is -2.04. The molecule has 0 aliphatic carbocycles. The minimum absolute atomic E-state index is 0.189. The Morgan fingerprint density at radius 3 is 2.31 bits per heavy atom. The molecule has 1 aromatic carbocycles. The number of ether oxygens (including phenoxy) is 1. The van der Waals surface area contributed by atoms with Crippen LogP contribution in [0.5, 0.6) is 0 Å². The van der Waals surface area contributed by atoms with Gasteiger partial charge in [-0.15, -0.1) is 0 Å². The Bertz CT molecular complexity index is 387. The molecule has 86 valence electrons. The van der Waals surface area contributed by atoms with E-state index in [1.165, 1.54) is 0 Å². The highest BCUT2D eigenvalue weighted by atomic mass is 16.6. The molecule has 0 heterocycles. The predicted octanol–water partition coefficient (Wildman–Crippen LogP) is 2.04. The Balaban J connectivity index is 2.98. The van der Waals surface area contributed by atoms with Crippen LogP contribution in [0.3, 0.4) is 0 Å². The van der Waals surface area contributed by atoms with Crippen molar-refractivity contribution in [2.45, 2.75) is 13.8 Å². The van der Waals surface area contributed by atoms with Crippen molar-refractivity contribution in [1.29, 1.82) is 0 Å². The van der Waals surface area contributed by atoms with Gasteiger partial charge in [0.1, 0.15) is 0 Å². The molecule has 3 amide bonds. The van der Waals surface area contributed by atoms with E-state index in [-0.39, 0.29) is 6.61 Å². The summed E-state index contributed by atoms with van der Waals surface area (Å²) in [6.45, 7) is 3.75. The van der Waals surface area contributed by atoms with Crippen molar-refractivity contribution in [2.75, 3.05) is 11.5 Å². The minimum Gasteiger partial charge on any atom is -0.449 e. The molecular weight excluding hydrogens is 208 g/mol. The van der Waals surface area contributed by atoms with Crippen LogP contribution in [-0.4, -0.2) is 18.7 Å². The molecule has 0 unspecified atom stereocenters. The fourth-order valence-corrected chi connectivity index (χ4v) is 1.20. The van der Waals surface area contributed by atoms with Crippen molar-refractivity contribution in [3.05, 3.63) is 29.8 Å². The summed E-state index contributed by atoms with van der Waals surface area (Å²) in [7, 11) is 0. The van der Waals surface area contributed by atoms with Crippen LogP contribution in [0.1, 0.15) is 12.5 Å². The van der Waals surface area contributed by atoms with E-state index < -0.39 is 12.1 Å². The van der Waals surface area contributed by atoms with Crippen molar-refractivity contribution in [3.8, 4) is 0 Å². The molecule has 2 N–H and O–H groups in total. The molecule has 0 bridgehead atoms. The van der Waals surface area contributed by atoms with Gasteiger partial charge in [-0.3, -0.25) is 0 Å². The second-order valence-electron chi connectivity index (χ2n) is 3.21. The Kier molecular flexibility index (Phi) is 3.88. The summed E-state index contributed by atoms with van der Waals surface area (Å²) in [6, 6.07) is 5.98. The number of carbonyl (C=O) groups excluding carboxylic acids is 2. The first-order chi connectivity index (χ1) is 7.56. The number of hydrogen-bond acceptors (Lipinski definition) is 3. The summed E-state index contributed by atoms with van der Waals surface area (Å²) in [6.07, 6.45) is -0.765. The number of benzene rings is 1. The van der Waals surface area contributed by atoms with Gasteiger partial charge in [-0.2, -0.15) is 4.90 Å². The fourth-order valence-electron chi connectivity index (χ4n) is 1.20. The van der Waals surface area contributed by atoms with E-state index in [0.29, 0.717) is 5.69 Å². The van der Waals surface area contributed by atoms with Gasteiger partial charge in [-0.05, 0) is 26.0 Å². The zero-order valence-corrected chi connectivity index (χ0v) is 9.27. The van der Waals surface area contributed by atoms with Gasteiger partial charge in [-0.25, -0.2) is 9.59 Å². The third kappa shape index (κ3) is 2.73. The maximum Gasteiger partial charge on any atom is 0.422 e. The first kappa shape index (κ1) is 12.0. The van der Waals surface area contributed by atoms with Gasteiger partial charge in [0.15, 0.2) is 0 Å². The lowest BCUT2D eigenvalue weighted by Crippen LogP contribution is -2.41. The summed E-state index contributed by atoms with van der Waals surface area (Å²) >= 11 is 0. The number of urea groups is 1. The SMILES string of the molecule is CCOC(=O)N(C(N)=O)c1ccc(C)cc1. The number of nitrogens with two attached hydrogens (primary N) is 1. The van der Waals surface area contributed by atoms with Gasteiger partial charge in [-0.1, -0.05) is 17.7 Å². The van der Waals surface area contributed by atoms with Gasteiger partial charge in [0, 0.05) is 0 Å². The first-order valence-corrected chi connectivity index (χ1v) is 4.89. The Labute approximate surface area is 93.8 Å². The topological polar surface area (TPSA) is 72.6 Å². The van der Waals surface area contributed by atoms with Crippen LogP contribution in [0.2, 0.25) is 0 Å². The van der Waals surface area contributed by atoms with Crippen LogP contribution < -0.4 is 10.6 Å². The molecule has 0 aliphatic rings. The lowest BCUT2D eigenvalue weighted by atomic mass is 10.2. The largest absolute Gasteiger partial charge is 0.449 e. The van der Waals surface area contributed by atoms with Crippen LogP contribution in [0.4, 0.5) is 15.3 Å². The number of primary amides is 1. The molecule has 1 aromatic rings. The second kappa shape index (κ2) is 5.16. The molecule has 0 saturated carbocycles. The fraction of sp³-hybridized carbons (Fsp3) is 0.273. The number of aryl methyl sites for hydroxylation is 1. The van der Waals surface area contributed by atoms with E-state index >= 15 is 0 Å². The lowest BCUT2D eigenvalue weighted by molar-refractivity contribution is 0.160. The second-order valence-corrected chi connectivity index (χ2v) is 3.21. The van der Waals surface area contributed by atoms with Crippen LogP contribution in [-0.2, 0) is 4.74 Å². The van der Waals surface area contributed by atoms with Crippen molar-refractivity contribution < 1.29 is 14.3 Å². The highest BCUT2D eigenvalue weighted by Gasteiger charge is 2.21. The van der Waals surface area contributed by atoms with Crippen molar-refractivity contribution in [2.24, 2.45) is 5.73 Å². The normalized spacial score (nSPS) is 9.62. The number of amides is 3. The molecule has 16 heavy (non-hydrogen) atoms. The molecule has 0 spiro atoms. The summed E-state index contributed by atoms with van der Waals surface area (Å²) in [5.41, 5.74) is 6.55. The molecule has 0 fully saturated rings. The Morgan fingerprint density at radius 1 is 1.31 bits per heavy atom. The number of imide groups is 1. The molecular formula is C11H14N2O3. The number of anilines is 1. The van der Waals surface area contributed by atoms with Crippen molar-refractivity contribution in [3.63, 3.8) is 0 Å². The van der Waals surface area contributed by atoms with Gasteiger partial charge >= 0.3 is 12.1 Å². The summed E-state index contributed by atoms with van der Waals surface area (Å²) in [4.78, 5) is 23.4.